The molecule has 1 aromatic rings. The zero-order valence-corrected chi connectivity index (χ0v) is 11.2. The first-order chi connectivity index (χ1) is 8.40. The van der Waals surface area contributed by atoms with Gasteiger partial charge in [-0.15, -0.1) is 0 Å². The Hall–Kier alpha value is -1.44. The van der Waals surface area contributed by atoms with Crippen molar-refractivity contribution in [2.75, 3.05) is 19.5 Å². The van der Waals surface area contributed by atoms with Crippen LogP contribution in [-0.4, -0.2) is 34.6 Å². The summed E-state index contributed by atoms with van der Waals surface area (Å²) in [6.45, 7) is 1.60. The van der Waals surface area contributed by atoms with E-state index in [1.54, 1.807) is 19.1 Å². The number of methoxy groups -OCH3 is 1. The summed E-state index contributed by atoms with van der Waals surface area (Å²) in [7, 11) is -0.765. The molecule has 0 radical (unpaired) electrons. The van der Waals surface area contributed by atoms with Gasteiger partial charge in [-0.3, -0.25) is 4.79 Å². The number of benzene rings is 1. The minimum Gasteiger partial charge on any atom is -0.372 e. The predicted octanol–water partition coefficient (Wildman–Crippen LogP) is 0.568. The van der Waals surface area contributed by atoms with Crippen molar-refractivity contribution in [1.82, 2.24) is 4.72 Å². The number of carbonyl (C=O) groups is 1. The number of hydrogen-bond donors (Lipinski definition) is 2. The Morgan fingerprint density at radius 3 is 2.61 bits per heavy atom. The molecule has 18 heavy (non-hydrogen) atoms. The van der Waals surface area contributed by atoms with E-state index in [-0.39, 0.29) is 10.8 Å². The Morgan fingerprint density at radius 2 is 2.06 bits per heavy atom. The predicted molar refractivity (Wildman–Crippen MR) is 67.8 cm³/mol. The van der Waals surface area contributed by atoms with Crippen LogP contribution in [-0.2, 0) is 19.6 Å². The SMILES string of the molecule is CNS(=O)(=O)c1cccc(NC(=O)C(C)OC)c1. The topological polar surface area (TPSA) is 84.5 Å². The molecule has 0 saturated carbocycles. The minimum atomic E-state index is -3.51. The van der Waals surface area contributed by atoms with Gasteiger partial charge in [0.1, 0.15) is 6.10 Å². The van der Waals surface area contributed by atoms with Crippen molar-refractivity contribution in [3.05, 3.63) is 24.3 Å². The molecule has 0 fully saturated rings. The highest BCUT2D eigenvalue weighted by atomic mass is 32.2. The van der Waals surface area contributed by atoms with Crippen molar-refractivity contribution in [2.24, 2.45) is 0 Å². The van der Waals surface area contributed by atoms with Gasteiger partial charge in [-0.05, 0) is 32.2 Å². The molecule has 1 amide bonds. The molecule has 0 aliphatic rings. The number of rotatable bonds is 5. The number of nitrogens with one attached hydrogen (secondary N) is 2. The van der Waals surface area contributed by atoms with Crippen LogP contribution in [0.15, 0.2) is 29.2 Å². The highest BCUT2D eigenvalue weighted by molar-refractivity contribution is 7.89. The first-order valence-electron chi connectivity index (χ1n) is 5.28. The number of amides is 1. The van der Waals surface area contributed by atoms with E-state index in [1.165, 1.54) is 26.3 Å². The van der Waals surface area contributed by atoms with E-state index >= 15 is 0 Å². The molecule has 2 N–H and O–H groups in total. The van der Waals surface area contributed by atoms with E-state index in [1.807, 2.05) is 0 Å². The van der Waals surface area contributed by atoms with Gasteiger partial charge in [0.2, 0.25) is 10.0 Å². The Kier molecular flexibility index (Phi) is 4.83. The van der Waals surface area contributed by atoms with Gasteiger partial charge in [-0.25, -0.2) is 13.1 Å². The van der Waals surface area contributed by atoms with Crippen molar-refractivity contribution in [1.29, 1.82) is 0 Å². The summed E-state index contributed by atoms with van der Waals surface area (Å²) in [5.41, 5.74) is 0.403. The molecule has 0 aliphatic carbocycles. The Balaban J connectivity index is 2.94. The average Bonchev–Trinajstić information content (AvgIpc) is 2.38. The molecule has 1 unspecified atom stereocenters. The zero-order chi connectivity index (χ0) is 13.8. The summed E-state index contributed by atoms with van der Waals surface area (Å²) < 4.78 is 30.2. The molecule has 0 aliphatic heterocycles. The second-order valence-electron chi connectivity index (χ2n) is 3.60. The van der Waals surface area contributed by atoms with Crippen LogP contribution in [0.1, 0.15) is 6.92 Å². The van der Waals surface area contributed by atoms with E-state index in [2.05, 4.69) is 10.0 Å². The van der Waals surface area contributed by atoms with Crippen LogP contribution in [0.3, 0.4) is 0 Å². The first-order valence-corrected chi connectivity index (χ1v) is 6.76. The molecule has 7 heteroatoms. The third-order valence-corrected chi connectivity index (χ3v) is 3.82. The third kappa shape index (κ3) is 3.52. The van der Waals surface area contributed by atoms with Crippen LogP contribution in [0.25, 0.3) is 0 Å². The van der Waals surface area contributed by atoms with Gasteiger partial charge >= 0.3 is 0 Å². The van der Waals surface area contributed by atoms with E-state index in [4.69, 9.17) is 4.74 Å². The van der Waals surface area contributed by atoms with Crippen molar-refractivity contribution < 1.29 is 17.9 Å². The van der Waals surface area contributed by atoms with Crippen LogP contribution >= 0.6 is 0 Å². The van der Waals surface area contributed by atoms with Crippen molar-refractivity contribution in [2.45, 2.75) is 17.9 Å². The van der Waals surface area contributed by atoms with Gasteiger partial charge in [-0.1, -0.05) is 6.07 Å². The van der Waals surface area contributed by atoms with Gasteiger partial charge in [-0.2, -0.15) is 0 Å². The molecule has 0 heterocycles. The van der Waals surface area contributed by atoms with E-state index < -0.39 is 16.1 Å². The molecule has 1 aromatic carbocycles. The first kappa shape index (κ1) is 14.6. The van der Waals surface area contributed by atoms with Crippen LogP contribution in [0, 0.1) is 0 Å². The molecule has 0 aromatic heterocycles. The lowest BCUT2D eigenvalue weighted by Crippen LogP contribution is -2.26. The van der Waals surface area contributed by atoms with Crippen LogP contribution in [0.4, 0.5) is 5.69 Å². The maximum Gasteiger partial charge on any atom is 0.253 e. The summed E-state index contributed by atoms with van der Waals surface area (Å²) in [6, 6.07) is 5.99. The molecule has 100 valence electrons. The number of anilines is 1. The van der Waals surface area contributed by atoms with Crippen molar-refractivity contribution in [3.63, 3.8) is 0 Å². The smallest absolute Gasteiger partial charge is 0.253 e. The average molecular weight is 272 g/mol. The van der Waals surface area contributed by atoms with Crippen molar-refractivity contribution >= 4 is 21.6 Å². The maximum atomic E-state index is 11.6. The second kappa shape index (κ2) is 5.94. The number of sulfonamides is 1. The third-order valence-electron chi connectivity index (χ3n) is 2.40. The molecule has 1 rings (SSSR count). The second-order valence-corrected chi connectivity index (χ2v) is 5.49. The highest BCUT2D eigenvalue weighted by Crippen LogP contribution is 2.15. The fraction of sp³-hybridized carbons (Fsp3) is 0.364. The standard InChI is InChI=1S/C11H16N2O4S/c1-8(17-3)11(14)13-9-5-4-6-10(7-9)18(15,16)12-2/h4-8,12H,1-3H3,(H,13,14). The minimum absolute atomic E-state index is 0.0906. The molecular weight excluding hydrogens is 256 g/mol. The fourth-order valence-corrected chi connectivity index (χ4v) is 1.99. The molecule has 6 nitrogen and oxygen atoms in total. The van der Waals surface area contributed by atoms with Gasteiger partial charge in [0, 0.05) is 12.8 Å². The zero-order valence-electron chi connectivity index (χ0n) is 10.4. The monoisotopic (exact) mass is 272 g/mol. The number of ether oxygens (including phenoxy) is 1. The lowest BCUT2D eigenvalue weighted by atomic mass is 10.3. The van der Waals surface area contributed by atoms with Gasteiger partial charge in [0.05, 0.1) is 4.90 Å². The maximum absolute atomic E-state index is 11.6. The van der Waals surface area contributed by atoms with E-state index in [9.17, 15) is 13.2 Å². The molecule has 0 spiro atoms. The Bertz CT molecular complexity index is 528. The van der Waals surface area contributed by atoms with Crippen LogP contribution in [0.2, 0.25) is 0 Å². The largest absolute Gasteiger partial charge is 0.372 e. The lowest BCUT2D eigenvalue weighted by molar-refractivity contribution is -0.124. The Morgan fingerprint density at radius 1 is 1.39 bits per heavy atom. The Labute approximate surface area is 106 Å². The summed E-state index contributed by atoms with van der Waals surface area (Å²) in [4.78, 5) is 11.7. The van der Waals surface area contributed by atoms with Gasteiger partial charge in [0.15, 0.2) is 0 Å². The highest BCUT2D eigenvalue weighted by Gasteiger charge is 2.14. The van der Waals surface area contributed by atoms with Gasteiger partial charge < -0.3 is 10.1 Å². The number of hydrogen-bond acceptors (Lipinski definition) is 4. The fourth-order valence-electron chi connectivity index (χ4n) is 1.21. The van der Waals surface area contributed by atoms with Gasteiger partial charge in [0.25, 0.3) is 5.91 Å². The molecular formula is C11H16N2O4S. The van der Waals surface area contributed by atoms with E-state index in [0.717, 1.165) is 0 Å². The molecule has 0 saturated heterocycles. The summed E-state index contributed by atoms with van der Waals surface area (Å²) in [5, 5.41) is 2.57. The quantitative estimate of drug-likeness (QED) is 0.820. The summed E-state index contributed by atoms with van der Waals surface area (Å²) in [6.07, 6.45) is -0.602. The lowest BCUT2D eigenvalue weighted by Gasteiger charge is -2.11. The van der Waals surface area contributed by atoms with E-state index in [0.29, 0.717) is 5.69 Å². The normalized spacial score (nSPS) is 13.1. The summed E-state index contributed by atoms with van der Waals surface area (Å²) in [5.74, 6) is -0.337. The van der Waals surface area contributed by atoms with Crippen molar-refractivity contribution in [3.8, 4) is 0 Å². The molecule has 1 atom stereocenters. The van der Waals surface area contributed by atoms with Crippen LogP contribution < -0.4 is 10.0 Å². The molecule has 0 bridgehead atoms. The van der Waals surface area contributed by atoms with Crippen LogP contribution in [0.5, 0.6) is 0 Å². The number of carbonyl (C=O) groups excluding carboxylic acids is 1. The summed E-state index contributed by atoms with van der Waals surface area (Å²) >= 11 is 0.